The van der Waals surface area contributed by atoms with Gasteiger partial charge in [0.2, 0.25) is 0 Å². The summed E-state index contributed by atoms with van der Waals surface area (Å²) < 4.78 is 7.38. The van der Waals surface area contributed by atoms with Crippen LogP contribution in [0, 0.1) is 0 Å². The molecule has 3 rings (SSSR count). The molecule has 1 unspecified atom stereocenters. The number of nitrogens with zero attached hydrogens (tertiary/aromatic N) is 4. The van der Waals surface area contributed by atoms with Crippen molar-refractivity contribution < 1.29 is 4.74 Å². The lowest BCUT2D eigenvalue weighted by Crippen LogP contribution is -2.46. The first-order valence-corrected chi connectivity index (χ1v) is 10.1. The lowest BCUT2D eigenvalue weighted by Gasteiger charge is -2.35. The van der Waals surface area contributed by atoms with Crippen LogP contribution in [0.5, 0.6) is 0 Å². The van der Waals surface area contributed by atoms with Crippen LogP contribution >= 0.6 is 35.6 Å². The van der Waals surface area contributed by atoms with Crippen molar-refractivity contribution >= 4 is 41.5 Å². The Labute approximate surface area is 194 Å². The van der Waals surface area contributed by atoms with E-state index in [4.69, 9.17) is 21.3 Å². The van der Waals surface area contributed by atoms with E-state index in [0.29, 0.717) is 6.54 Å². The van der Waals surface area contributed by atoms with Crippen molar-refractivity contribution in [2.45, 2.75) is 19.5 Å². The van der Waals surface area contributed by atoms with Crippen LogP contribution in [0.15, 0.2) is 41.5 Å². The van der Waals surface area contributed by atoms with E-state index in [-0.39, 0.29) is 30.0 Å². The quantitative estimate of drug-likeness (QED) is 0.326. The maximum atomic E-state index is 6.25. The molecule has 1 aromatic heterocycles. The van der Waals surface area contributed by atoms with Crippen LogP contribution < -0.4 is 10.6 Å². The number of halogens is 2. The monoisotopic (exact) mass is 532 g/mol. The number of aryl methyl sites for hydroxylation is 1. The average molecular weight is 533 g/mol. The molecule has 2 N–H and O–H groups in total. The highest BCUT2D eigenvalue weighted by Gasteiger charge is 2.23. The van der Waals surface area contributed by atoms with Gasteiger partial charge in [-0.05, 0) is 30.7 Å². The standard InChI is InChI=1S/C20H29ClN6O.HI/c1-3-22-20(23-14-18-7-8-25-26(18)2)24-15-19(27-9-11-28-12-10-27)16-5-4-6-17(21)13-16;/h4-8,13,19H,3,9-12,14-15H2,1-2H3,(H2,22,23,24);1H. The van der Waals surface area contributed by atoms with Crippen molar-refractivity contribution in [2.24, 2.45) is 12.0 Å². The molecular formula is C20H30ClIN6O. The van der Waals surface area contributed by atoms with Gasteiger partial charge in [0.25, 0.3) is 0 Å². The minimum Gasteiger partial charge on any atom is -0.379 e. The third-order valence-electron chi connectivity index (χ3n) is 4.85. The summed E-state index contributed by atoms with van der Waals surface area (Å²) in [5, 5.41) is 11.8. The van der Waals surface area contributed by atoms with E-state index >= 15 is 0 Å². The molecule has 0 amide bonds. The molecule has 1 aliphatic heterocycles. The Balaban J connectivity index is 0.00000300. The van der Waals surface area contributed by atoms with Gasteiger partial charge in [0.1, 0.15) is 0 Å². The van der Waals surface area contributed by atoms with Crippen LogP contribution in [0.2, 0.25) is 5.02 Å². The molecule has 1 fully saturated rings. The minimum atomic E-state index is 0. The SMILES string of the molecule is CCNC(=NCc1ccnn1C)NCC(c1cccc(Cl)c1)N1CCOCC1.I. The maximum absolute atomic E-state index is 6.25. The number of nitrogens with one attached hydrogen (secondary N) is 2. The first-order valence-electron chi connectivity index (χ1n) is 9.73. The predicted octanol–water partition coefficient (Wildman–Crippen LogP) is 2.82. The Bertz CT molecular complexity index is 778. The summed E-state index contributed by atoms with van der Waals surface area (Å²) in [7, 11) is 1.93. The summed E-state index contributed by atoms with van der Waals surface area (Å²) >= 11 is 6.25. The Morgan fingerprint density at radius 2 is 2.07 bits per heavy atom. The molecule has 0 radical (unpaired) electrons. The Kier molecular flexibility index (Phi) is 10.2. The lowest BCUT2D eigenvalue weighted by atomic mass is 10.0. The van der Waals surface area contributed by atoms with Crippen LogP contribution in [0.1, 0.15) is 24.2 Å². The zero-order valence-electron chi connectivity index (χ0n) is 17.0. The maximum Gasteiger partial charge on any atom is 0.191 e. The topological polar surface area (TPSA) is 66.7 Å². The van der Waals surface area contributed by atoms with Gasteiger partial charge in [0, 0.05) is 44.4 Å². The lowest BCUT2D eigenvalue weighted by molar-refractivity contribution is 0.0170. The van der Waals surface area contributed by atoms with Gasteiger partial charge in [-0.2, -0.15) is 5.10 Å². The van der Waals surface area contributed by atoms with E-state index in [1.165, 1.54) is 5.56 Å². The Morgan fingerprint density at radius 1 is 1.28 bits per heavy atom. The van der Waals surface area contributed by atoms with E-state index in [2.05, 4.69) is 33.6 Å². The second-order valence-electron chi connectivity index (χ2n) is 6.74. The number of guanidine groups is 1. The highest BCUT2D eigenvalue weighted by molar-refractivity contribution is 14.0. The van der Waals surface area contributed by atoms with Crippen molar-refractivity contribution in [1.82, 2.24) is 25.3 Å². The molecule has 2 heterocycles. The number of ether oxygens (including phenoxy) is 1. The molecule has 1 atom stereocenters. The van der Waals surface area contributed by atoms with Gasteiger partial charge < -0.3 is 15.4 Å². The van der Waals surface area contributed by atoms with Crippen molar-refractivity contribution in [1.29, 1.82) is 0 Å². The highest BCUT2D eigenvalue weighted by atomic mass is 127. The molecule has 2 aromatic rings. The van der Waals surface area contributed by atoms with Gasteiger partial charge in [-0.15, -0.1) is 24.0 Å². The number of hydrogen-bond acceptors (Lipinski definition) is 4. The molecule has 7 nitrogen and oxygen atoms in total. The molecule has 0 spiro atoms. The molecule has 29 heavy (non-hydrogen) atoms. The van der Waals surface area contributed by atoms with Crippen LogP contribution in [0.4, 0.5) is 0 Å². The third-order valence-corrected chi connectivity index (χ3v) is 5.08. The number of aliphatic imine (C=N–C) groups is 1. The summed E-state index contributed by atoms with van der Waals surface area (Å²) in [6.45, 7) is 7.50. The van der Waals surface area contributed by atoms with E-state index in [9.17, 15) is 0 Å². The molecule has 0 aliphatic carbocycles. The average Bonchev–Trinajstić information content (AvgIpc) is 3.12. The number of rotatable bonds is 7. The van der Waals surface area contributed by atoms with Crippen LogP contribution in [-0.2, 0) is 18.3 Å². The minimum absolute atomic E-state index is 0. The van der Waals surface area contributed by atoms with Crippen LogP contribution in [0.3, 0.4) is 0 Å². The second-order valence-corrected chi connectivity index (χ2v) is 7.18. The predicted molar refractivity (Wildman–Crippen MR) is 128 cm³/mol. The van der Waals surface area contributed by atoms with E-state index in [1.54, 1.807) is 6.20 Å². The summed E-state index contributed by atoms with van der Waals surface area (Å²) in [6.07, 6.45) is 1.79. The van der Waals surface area contributed by atoms with E-state index < -0.39 is 0 Å². The molecule has 1 saturated heterocycles. The van der Waals surface area contributed by atoms with Crippen molar-refractivity contribution in [3.05, 3.63) is 52.8 Å². The zero-order chi connectivity index (χ0) is 19.8. The highest BCUT2D eigenvalue weighted by Crippen LogP contribution is 2.24. The molecule has 0 bridgehead atoms. The third kappa shape index (κ3) is 7.13. The van der Waals surface area contributed by atoms with Crippen LogP contribution in [0.25, 0.3) is 0 Å². The van der Waals surface area contributed by atoms with Crippen molar-refractivity contribution in [3.8, 4) is 0 Å². The first-order chi connectivity index (χ1) is 13.7. The largest absolute Gasteiger partial charge is 0.379 e. The number of aromatic nitrogens is 2. The summed E-state index contributed by atoms with van der Waals surface area (Å²) in [5.41, 5.74) is 2.26. The molecule has 160 valence electrons. The Morgan fingerprint density at radius 3 is 2.72 bits per heavy atom. The van der Waals surface area contributed by atoms with E-state index in [1.807, 2.05) is 36.0 Å². The number of hydrogen-bond donors (Lipinski definition) is 2. The van der Waals surface area contributed by atoms with Gasteiger partial charge >= 0.3 is 0 Å². The van der Waals surface area contributed by atoms with Gasteiger partial charge in [0.15, 0.2) is 5.96 Å². The fraction of sp³-hybridized carbons (Fsp3) is 0.500. The second kappa shape index (κ2) is 12.4. The van der Waals surface area contributed by atoms with Crippen LogP contribution in [-0.4, -0.2) is 60.0 Å². The number of morpholine rings is 1. The van der Waals surface area contributed by atoms with Gasteiger partial charge in [-0.25, -0.2) is 4.99 Å². The first kappa shape index (κ1) is 23.9. The normalized spacial score (nSPS) is 16.2. The fourth-order valence-corrected chi connectivity index (χ4v) is 3.51. The molecule has 1 aromatic carbocycles. The molecule has 0 saturated carbocycles. The summed E-state index contributed by atoms with van der Waals surface area (Å²) in [5.74, 6) is 0.795. The summed E-state index contributed by atoms with van der Waals surface area (Å²) in [4.78, 5) is 7.15. The number of benzene rings is 1. The fourth-order valence-electron chi connectivity index (χ4n) is 3.31. The van der Waals surface area contributed by atoms with Gasteiger partial charge in [-0.1, -0.05) is 23.7 Å². The van der Waals surface area contributed by atoms with Crippen molar-refractivity contribution in [3.63, 3.8) is 0 Å². The molecular weight excluding hydrogens is 503 g/mol. The zero-order valence-corrected chi connectivity index (χ0v) is 20.1. The van der Waals surface area contributed by atoms with Gasteiger partial charge in [0.05, 0.1) is 31.5 Å². The smallest absolute Gasteiger partial charge is 0.191 e. The molecule has 1 aliphatic rings. The van der Waals surface area contributed by atoms with Crippen molar-refractivity contribution in [2.75, 3.05) is 39.4 Å². The summed E-state index contributed by atoms with van der Waals surface area (Å²) in [6, 6.07) is 10.3. The van der Waals surface area contributed by atoms with Gasteiger partial charge in [-0.3, -0.25) is 9.58 Å². The van der Waals surface area contributed by atoms with E-state index in [0.717, 1.165) is 56.1 Å². The molecule has 9 heteroatoms. The Hall–Kier alpha value is -1.36.